The summed E-state index contributed by atoms with van der Waals surface area (Å²) in [6.07, 6.45) is 10.9. The highest BCUT2D eigenvalue weighted by molar-refractivity contribution is 5.54. The molecule has 0 spiro atoms. The average molecular weight is 739 g/mol. The highest BCUT2D eigenvalue weighted by atomic mass is 16.5. The minimum absolute atomic E-state index is 0.00738. The third-order valence-corrected chi connectivity index (χ3v) is 11.0. The maximum atomic E-state index is 6.44. The van der Waals surface area contributed by atoms with E-state index in [0.29, 0.717) is 29.6 Å². The Morgan fingerprint density at radius 3 is 1.44 bits per heavy atom. The van der Waals surface area contributed by atoms with Crippen molar-refractivity contribution >= 4 is 0 Å². The first-order valence-corrected chi connectivity index (χ1v) is 21.8. The van der Waals surface area contributed by atoms with Crippen molar-refractivity contribution < 1.29 is 9.47 Å². The molecule has 3 rings (SSSR count). The predicted octanol–water partition coefficient (Wildman–Crippen LogP) is 14.7. The summed E-state index contributed by atoms with van der Waals surface area (Å²) in [4.78, 5) is 0. The lowest BCUT2D eigenvalue weighted by Gasteiger charge is -2.32. The van der Waals surface area contributed by atoms with Crippen LogP contribution in [-0.2, 0) is 42.9 Å². The van der Waals surface area contributed by atoms with Crippen molar-refractivity contribution in [1.29, 1.82) is 0 Å². The maximum Gasteiger partial charge on any atom is 0.165 e. The van der Waals surface area contributed by atoms with E-state index in [2.05, 4.69) is 165 Å². The normalized spacial score (nSPS) is 14.3. The van der Waals surface area contributed by atoms with Crippen LogP contribution in [0.5, 0.6) is 11.5 Å². The zero-order chi connectivity index (χ0) is 40.4. The summed E-state index contributed by atoms with van der Waals surface area (Å²) in [6, 6.07) is 21.4. The third kappa shape index (κ3) is 15.1. The standard InChI is InChI=1S/C52H82O2/c1-35(2)25-42-30-43(27-39(9)21-22-40(10)29-46-20-18-17-19-45(46)26-36(3)4)32-44(31-42)28-41(11)23-24-52(15,16)47-33-48(51(12,13)14)50(54-38(7)8)49(34-47)53-37(5)6/h17-20,30-41H,21-29H2,1-16H3. The second kappa shape index (κ2) is 20.4. The first-order chi connectivity index (χ1) is 25.1. The molecule has 0 heterocycles. The molecule has 0 radical (unpaired) electrons. The van der Waals surface area contributed by atoms with Crippen LogP contribution in [0.1, 0.15) is 175 Å². The van der Waals surface area contributed by atoms with Crippen LogP contribution < -0.4 is 9.47 Å². The summed E-state index contributed by atoms with van der Waals surface area (Å²) in [5.74, 6) is 5.12. The van der Waals surface area contributed by atoms with Gasteiger partial charge in [0.15, 0.2) is 11.5 Å². The van der Waals surface area contributed by atoms with Crippen LogP contribution in [0.15, 0.2) is 54.6 Å². The van der Waals surface area contributed by atoms with Gasteiger partial charge in [-0.1, -0.05) is 144 Å². The molecule has 54 heavy (non-hydrogen) atoms. The first kappa shape index (κ1) is 45.6. The van der Waals surface area contributed by atoms with E-state index in [-0.39, 0.29) is 23.0 Å². The van der Waals surface area contributed by atoms with E-state index >= 15 is 0 Å². The Hall–Kier alpha value is -2.74. The van der Waals surface area contributed by atoms with Gasteiger partial charge < -0.3 is 9.47 Å². The quantitative estimate of drug-likeness (QED) is 0.108. The van der Waals surface area contributed by atoms with Gasteiger partial charge in [-0.2, -0.15) is 0 Å². The molecule has 0 amide bonds. The van der Waals surface area contributed by atoms with Crippen LogP contribution >= 0.6 is 0 Å². The Morgan fingerprint density at radius 1 is 0.500 bits per heavy atom. The molecule has 0 bridgehead atoms. The summed E-state index contributed by atoms with van der Waals surface area (Å²) >= 11 is 0. The van der Waals surface area contributed by atoms with Crippen LogP contribution in [0.3, 0.4) is 0 Å². The molecule has 0 aliphatic rings. The fourth-order valence-electron chi connectivity index (χ4n) is 8.12. The van der Waals surface area contributed by atoms with Crippen molar-refractivity contribution in [2.24, 2.45) is 29.6 Å². The topological polar surface area (TPSA) is 18.5 Å². The van der Waals surface area contributed by atoms with Crippen molar-refractivity contribution in [2.45, 2.75) is 192 Å². The zero-order valence-corrected chi connectivity index (χ0v) is 37.9. The van der Waals surface area contributed by atoms with Gasteiger partial charge in [-0.05, 0) is 153 Å². The van der Waals surface area contributed by atoms with Crippen LogP contribution in [0, 0.1) is 29.6 Å². The number of benzene rings is 3. The van der Waals surface area contributed by atoms with Gasteiger partial charge in [0.2, 0.25) is 0 Å². The van der Waals surface area contributed by atoms with Crippen molar-refractivity contribution in [3.8, 4) is 11.5 Å². The SMILES string of the molecule is CC(C)Cc1cc(CC(C)CCC(C)Cc2ccccc2CC(C)C)cc(CC(C)CCC(C)(C)c2cc(OC(C)C)c(OC(C)C)c(C(C)(C)C)c2)c1. The van der Waals surface area contributed by atoms with Gasteiger partial charge in [0, 0.05) is 5.56 Å². The summed E-state index contributed by atoms with van der Waals surface area (Å²) in [5.41, 5.74) is 10.2. The lowest BCUT2D eigenvalue weighted by Crippen LogP contribution is -2.23. The van der Waals surface area contributed by atoms with Gasteiger partial charge in [-0.15, -0.1) is 0 Å². The fraction of sp³-hybridized carbons (Fsp3) is 0.654. The molecule has 2 nitrogen and oxygen atoms in total. The van der Waals surface area contributed by atoms with Crippen LogP contribution in [-0.4, -0.2) is 12.2 Å². The molecular weight excluding hydrogens is 657 g/mol. The van der Waals surface area contributed by atoms with Gasteiger partial charge >= 0.3 is 0 Å². The van der Waals surface area contributed by atoms with Gasteiger partial charge in [0.05, 0.1) is 12.2 Å². The Balaban J connectivity index is 1.72. The lowest BCUT2D eigenvalue weighted by molar-refractivity contribution is 0.194. The molecule has 3 aromatic rings. The number of ether oxygens (including phenoxy) is 2. The number of hydrogen-bond acceptors (Lipinski definition) is 2. The lowest BCUT2D eigenvalue weighted by atomic mass is 9.75. The van der Waals surface area contributed by atoms with E-state index in [9.17, 15) is 0 Å². The average Bonchev–Trinajstić information content (AvgIpc) is 3.03. The van der Waals surface area contributed by atoms with E-state index < -0.39 is 0 Å². The minimum Gasteiger partial charge on any atom is -0.487 e. The van der Waals surface area contributed by atoms with Crippen LogP contribution in [0.4, 0.5) is 0 Å². The molecule has 302 valence electrons. The smallest absolute Gasteiger partial charge is 0.165 e. The van der Waals surface area contributed by atoms with Gasteiger partial charge in [0.25, 0.3) is 0 Å². The van der Waals surface area contributed by atoms with Crippen molar-refractivity contribution in [2.75, 3.05) is 0 Å². The second-order valence-corrected chi connectivity index (χ2v) is 20.5. The zero-order valence-electron chi connectivity index (χ0n) is 37.9. The summed E-state index contributed by atoms with van der Waals surface area (Å²) in [5, 5.41) is 0. The largest absolute Gasteiger partial charge is 0.487 e. The predicted molar refractivity (Wildman–Crippen MR) is 237 cm³/mol. The Bertz CT molecular complexity index is 1570. The molecule has 0 saturated carbocycles. The van der Waals surface area contributed by atoms with Crippen molar-refractivity contribution in [3.05, 3.63) is 93.5 Å². The highest BCUT2D eigenvalue weighted by Crippen LogP contribution is 2.44. The molecule has 3 atom stereocenters. The Labute approximate surface area is 334 Å². The van der Waals surface area contributed by atoms with Gasteiger partial charge in [-0.25, -0.2) is 0 Å². The molecule has 0 N–H and O–H groups in total. The summed E-state index contributed by atoms with van der Waals surface area (Å²) in [7, 11) is 0. The molecule has 0 aliphatic carbocycles. The van der Waals surface area contributed by atoms with Crippen LogP contribution in [0.25, 0.3) is 0 Å². The molecule has 3 aromatic carbocycles. The first-order valence-electron chi connectivity index (χ1n) is 21.8. The highest BCUT2D eigenvalue weighted by Gasteiger charge is 2.30. The summed E-state index contributed by atoms with van der Waals surface area (Å²) < 4.78 is 12.9. The van der Waals surface area contributed by atoms with Crippen molar-refractivity contribution in [1.82, 2.24) is 0 Å². The number of rotatable bonds is 21. The molecule has 2 heteroatoms. The third-order valence-electron chi connectivity index (χ3n) is 11.0. The Morgan fingerprint density at radius 2 is 0.963 bits per heavy atom. The maximum absolute atomic E-state index is 6.44. The Kier molecular flexibility index (Phi) is 17.3. The van der Waals surface area contributed by atoms with E-state index in [0.717, 1.165) is 30.8 Å². The number of hydrogen-bond donors (Lipinski definition) is 0. The van der Waals surface area contributed by atoms with Crippen LogP contribution in [0.2, 0.25) is 0 Å². The second-order valence-electron chi connectivity index (χ2n) is 20.5. The van der Waals surface area contributed by atoms with E-state index in [1.54, 1.807) is 11.1 Å². The molecule has 0 aliphatic heterocycles. The van der Waals surface area contributed by atoms with Gasteiger partial charge in [0.1, 0.15) is 0 Å². The monoisotopic (exact) mass is 739 g/mol. The summed E-state index contributed by atoms with van der Waals surface area (Å²) in [6.45, 7) is 36.9. The van der Waals surface area contributed by atoms with Crippen molar-refractivity contribution in [3.63, 3.8) is 0 Å². The molecule has 0 saturated heterocycles. The molecule has 3 unspecified atom stereocenters. The molecule has 0 aromatic heterocycles. The fourth-order valence-corrected chi connectivity index (χ4v) is 8.12. The van der Waals surface area contributed by atoms with E-state index in [1.165, 1.54) is 66.3 Å². The van der Waals surface area contributed by atoms with E-state index in [4.69, 9.17) is 9.47 Å². The molecular formula is C52H82O2. The minimum atomic E-state index is -0.0629. The van der Waals surface area contributed by atoms with Gasteiger partial charge in [-0.3, -0.25) is 0 Å². The molecule has 0 fully saturated rings. The van der Waals surface area contributed by atoms with E-state index in [1.807, 2.05) is 0 Å².